The van der Waals surface area contributed by atoms with E-state index < -0.39 is 0 Å². The number of piperidine rings is 1. The number of ether oxygens (including phenoxy) is 1. The molecular formula is C24H32N4O2. The van der Waals surface area contributed by atoms with Crippen LogP contribution in [0.5, 0.6) is 11.5 Å². The Morgan fingerprint density at radius 1 is 1.03 bits per heavy atom. The van der Waals surface area contributed by atoms with E-state index in [1.807, 2.05) is 24.3 Å². The summed E-state index contributed by atoms with van der Waals surface area (Å²) in [5, 5.41) is 0. The van der Waals surface area contributed by atoms with Crippen molar-refractivity contribution in [3.63, 3.8) is 0 Å². The molecule has 0 saturated carbocycles. The molecule has 0 aliphatic carbocycles. The maximum absolute atomic E-state index is 12.7. The molecule has 0 radical (unpaired) electrons. The van der Waals surface area contributed by atoms with Gasteiger partial charge in [0, 0.05) is 57.1 Å². The quantitative estimate of drug-likeness (QED) is 0.733. The van der Waals surface area contributed by atoms with E-state index in [2.05, 4.69) is 38.7 Å². The van der Waals surface area contributed by atoms with Gasteiger partial charge in [0.25, 0.3) is 0 Å². The van der Waals surface area contributed by atoms with Crippen LogP contribution in [-0.2, 0) is 11.3 Å². The van der Waals surface area contributed by atoms with Crippen molar-refractivity contribution in [2.45, 2.75) is 38.8 Å². The minimum atomic E-state index is 0.297. The molecule has 1 amide bonds. The van der Waals surface area contributed by atoms with Gasteiger partial charge < -0.3 is 9.64 Å². The van der Waals surface area contributed by atoms with Crippen LogP contribution in [-0.4, -0.2) is 70.9 Å². The summed E-state index contributed by atoms with van der Waals surface area (Å²) < 4.78 is 6.05. The van der Waals surface area contributed by atoms with E-state index >= 15 is 0 Å². The highest BCUT2D eigenvalue weighted by Crippen LogP contribution is 2.26. The van der Waals surface area contributed by atoms with E-state index in [0.717, 1.165) is 63.6 Å². The summed E-state index contributed by atoms with van der Waals surface area (Å²) in [4.78, 5) is 23.7. The lowest BCUT2D eigenvalue weighted by Gasteiger charge is -2.38. The fourth-order valence-electron chi connectivity index (χ4n) is 4.37. The zero-order chi connectivity index (χ0) is 20.8. The number of amides is 1. The second-order valence-corrected chi connectivity index (χ2v) is 8.38. The molecule has 4 rings (SSSR count). The Morgan fingerprint density at radius 3 is 2.60 bits per heavy atom. The number of hydrogen-bond donors (Lipinski definition) is 0. The van der Waals surface area contributed by atoms with E-state index in [0.29, 0.717) is 18.5 Å². The van der Waals surface area contributed by atoms with E-state index in [4.69, 9.17) is 4.74 Å². The van der Waals surface area contributed by atoms with Crippen molar-refractivity contribution in [1.29, 1.82) is 0 Å². The van der Waals surface area contributed by atoms with Crippen LogP contribution in [0.2, 0.25) is 0 Å². The Balaban J connectivity index is 1.28. The van der Waals surface area contributed by atoms with E-state index in [1.54, 1.807) is 12.4 Å². The van der Waals surface area contributed by atoms with Gasteiger partial charge in [-0.3, -0.25) is 19.6 Å². The molecule has 3 heterocycles. The second-order valence-electron chi connectivity index (χ2n) is 8.38. The molecule has 2 aliphatic rings. The van der Waals surface area contributed by atoms with Crippen molar-refractivity contribution in [2.75, 3.05) is 39.3 Å². The lowest BCUT2D eigenvalue weighted by molar-refractivity contribution is -0.136. The summed E-state index contributed by atoms with van der Waals surface area (Å²) in [5.74, 6) is 1.92. The predicted octanol–water partition coefficient (Wildman–Crippen LogP) is 3.39. The lowest BCUT2D eigenvalue weighted by Crippen LogP contribution is -2.51. The van der Waals surface area contributed by atoms with Crippen molar-refractivity contribution in [1.82, 2.24) is 19.7 Å². The molecule has 2 fully saturated rings. The summed E-state index contributed by atoms with van der Waals surface area (Å²) in [6.45, 7) is 8.29. The van der Waals surface area contributed by atoms with Gasteiger partial charge in [-0.25, -0.2) is 0 Å². The number of hydrogen-bond acceptors (Lipinski definition) is 5. The standard InChI is InChI=1S/C24H32N4O2/c1-20-7-4-5-12-28(20)24(29)19-27-15-13-26(14-16-27)18-21-8-2-3-10-23(21)30-22-9-6-11-25-17-22/h2-3,6,8-11,17,20H,4-5,7,12-16,18-19H2,1H3. The van der Waals surface area contributed by atoms with Crippen LogP contribution in [0.3, 0.4) is 0 Å². The molecule has 2 aromatic rings. The third kappa shape index (κ3) is 5.37. The molecule has 1 aromatic heterocycles. The molecule has 1 aromatic carbocycles. The summed E-state index contributed by atoms with van der Waals surface area (Å²) in [6.07, 6.45) is 7.00. The van der Waals surface area contributed by atoms with Gasteiger partial charge in [-0.15, -0.1) is 0 Å². The molecule has 1 unspecified atom stereocenters. The SMILES string of the molecule is CC1CCCCN1C(=O)CN1CCN(Cc2ccccc2Oc2cccnc2)CC1. The topological polar surface area (TPSA) is 48.9 Å². The smallest absolute Gasteiger partial charge is 0.236 e. The number of likely N-dealkylation sites (tertiary alicyclic amines) is 1. The van der Waals surface area contributed by atoms with Crippen molar-refractivity contribution >= 4 is 5.91 Å². The Labute approximate surface area is 179 Å². The number of nitrogens with zero attached hydrogens (tertiary/aromatic N) is 4. The van der Waals surface area contributed by atoms with E-state index in [-0.39, 0.29) is 0 Å². The predicted molar refractivity (Wildman–Crippen MR) is 117 cm³/mol. The lowest BCUT2D eigenvalue weighted by atomic mass is 10.0. The van der Waals surface area contributed by atoms with Crippen LogP contribution in [0.25, 0.3) is 0 Å². The Kier molecular flexibility index (Phi) is 6.97. The minimum absolute atomic E-state index is 0.297. The first kappa shape index (κ1) is 20.8. The van der Waals surface area contributed by atoms with Gasteiger partial charge >= 0.3 is 0 Å². The third-order valence-electron chi connectivity index (χ3n) is 6.18. The summed E-state index contributed by atoms with van der Waals surface area (Å²) in [6, 6.07) is 12.4. The Bertz CT molecular complexity index is 821. The van der Waals surface area contributed by atoms with Gasteiger partial charge in [0.15, 0.2) is 0 Å². The Morgan fingerprint density at radius 2 is 1.83 bits per heavy atom. The van der Waals surface area contributed by atoms with Crippen LogP contribution in [0, 0.1) is 0 Å². The summed E-state index contributed by atoms with van der Waals surface area (Å²) in [7, 11) is 0. The molecule has 1 atom stereocenters. The minimum Gasteiger partial charge on any atom is -0.455 e. The van der Waals surface area contributed by atoms with Crippen molar-refractivity contribution in [2.24, 2.45) is 0 Å². The number of piperazine rings is 1. The molecule has 0 bridgehead atoms. The van der Waals surface area contributed by atoms with Crippen LogP contribution in [0.15, 0.2) is 48.8 Å². The van der Waals surface area contributed by atoms with E-state index in [9.17, 15) is 4.79 Å². The zero-order valence-corrected chi connectivity index (χ0v) is 17.9. The van der Waals surface area contributed by atoms with Gasteiger partial charge in [0.2, 0.25) is 5.91 Å². The van der Waals surface area contributed by atoms with Crippen LogP contribution >= 0.6 is 0 Å². The first-order valence-electron chi connectivity index (χ1n) is 11.1. The highest BCUT2D eigenvalue weighted by molar-refractivity contribution is 5.78. The Hall–Kier alpha value is -2.44. The number of aromatic nitrogens is 1. The molecule has 6 nitrogen and oxygen atoms in total. The number of carbonyl (C=O) groups is 1. The first-order chi connectivity index (χ1) is 14.7. The van der Waals surface area contributed by atoms with Crippen LogP contribution < -0.4 is 4.74 Å². The molecule has 0 spiro atoms. The number of para-hydroxylation sites is 1. The van der Waals surface area contributed by atoms with Crippen LogP contribution in [0.4, 0.5) is 0 Å². The summed E-state index contributed by atoms with van der Waals surface area (Å²) in [5.41, 5.74) is 1.17. The largest absolute Gasteiger partial charge is 0.455 e. The highest BCUT2D eigenvalue weighted by atomic mass is 16.5. The maximum atomic E-state index is 12.7. The van der Waals surface area contributed by atoms with Crippen LogP contribution in [0.1, 0.15) is 31.7 Å². The van der Waals surface area contributed by atoms with Crippen molar-refractivity contribution < 1.29 is 9.53 Å². The number of carbonyl (C=O) groups excluding carboxylic acids is 1. The molecule has 0 N–H and O–H groups in total. The fraction of sp³-hybridized carbons (Fsp3) is 0.500. The average molecular weight is 409 g/mol. The summed E-state index contributed by atoms with van der Waals surface area (Å²) >= 11 is 0. The highest BCUT2D eigenvalue weighted by Gasteiger charge is 2.26. The normalized spacial score (nSPS) is 20.8. The number of rotatable bonds is 6. The van der Waals surface area contributed by atoms with Crippen molar-refractivity contribution in [3.8, 4) is 11.5 Å². The van der Waals surface area contributed by atoms with Gasteiger partial charge in [-0.1, -0.05) is 18.2 Å². The van der Waals surface area contributed by atoms with E-state index in [1.165, 1.54) is 12.0 Å². The first-order valence-corrected chi connectivity index (χ1v) is 11.1. The molecule has 2 aliphatic heterocycles. The van der Waals surface area contributed by atoms with Crippen molar-refractivity contribution in [3.05, 3.63) is 54.4 Å². The van der Waals surface area contributed by atoms with Gasteiger partial charge in [-0.2, -0.15) is 0 Å². The fourth-order valence-corrected chi connectivity index (χ4v) is 4.37. The second kappa shape index (κ2) is 10.0. The average Bonchev–Trinajstić information content (AvgIpc) is 2.77. The number of benzene rings is 1. The molecule has 2 saturated heterocycles. The molecule has 160 valence electrons. The van der Waals surface area contributed by atoms with Gasteiger partial charge in [0.05, 0.1) is 12.7 Å². The molecule has 30 heavy (non-hydrogen) atoms. The zero-order valence-electron chi connectivity index (χ0n) is 17.9. The van der Waals surface area contributed by atoms with Gasteiger partial charge in [0.1, 0.15) is 11.5 Å². The molecular weight excluding hydrogens is 376 g/mol. The number of pyridine rings is 1. The maximum Gasteiger partial charge on any atom is 0.236 e. The third-order valence-corrected chi connectivity index (χ3v) is 6.18. The van der Waals surface area contributed by atoms with Gasteiger partial charge in [-0.05, 0) is 44.4 Å². The molecule has 6 heteroatoms. The monoisotopic (exact) mass is 408 g/mol.